The first-order chi connectivity index (χ1) is 10.2. The molecular formula is C18H25N3. The number of benzene rings is 1. The van der Waals surface area contributed by atoms with E-state index in [2.05, 4.69) is 66.2 Å². The average molecular weight is 283 g/mol. The molecule has 0 saturated heterocycles. The molecule has 1 N–H and O–H groups in total. The summed E-state index contributed by atoms with van der Waals surface area (Å²) in [5.74, 6) is 0.686. The third-order valence-electron chi connectivity index (χ3n) is 4.52. The molecule has 0 radical (unpaired) electrons. The first-order valence-electron chi connectivity index (χ1n) is 8.08. The van der Waals surface area contributed by atoms with Crippen molar-refractivity contribution in [1.82, 2.24) is 15.1 Å². The zero-order valence-corrected chi connectivity index (χ0v) is 13.3. The van der Waals surface area contributed by atoms with Crippen LogP contribution in [-0.4, -0.2) is 16.3 Å². The van der Waals surface area contributed by atoms with Crippen LogP contribution < -0.4 is 5.32 Å². The zero-order valence-electron chi connectivity index (χ0n) is 13.3. The molecule has 0 fully saturated rings. The van der Waals surface area contributed by atoms with Crippen molar-refractivity contribution in [2.24, 2.45) is 0 Å². The molecule has 1 aliphatic rings. The van der Waals surface area contributed by atoms with Gasteiger partial charge in [-0.15, -0.1) is 0 Å². The van der Waals surface area contributed by atoms with Crippen LogP contribution in [0.15, 0.2) is 30.3 Å². The summed E-state index contributed by atoms with van der Waals surface area (Å²) in [7, 11) is 0. The largest absolute Gasteiger partial charge is 0.309 e. The Kier molecular flexibility index (Phi) is 4.11. The van der Waals surface area contributed by atoms with Gasteiger partial charge in [0.2, 0.25) is 0 Å². The third-order valence-corrected chi connectivity index (χ3v) is 4.52. The molecule has 0 aliphatic heterocycles. The first kappa shape index (κ1) is 14.3. The van der Waals surface area contributed by atoms with E-state index in [1.165, 1.54) is 17.7 Å². The Bertz CT molecular complexity index is 615. The number of rotatable bonds is 6. The van der Waals surface area contributed by atoms with Crippen LogP contribution in [0.1, 0.15) is 54.7 Å². The summed E-state index contributed by atoms with van der Waals surface area (Å²) >= 11 is 0. The molecule has 0 saturated carbocycles. The van der Waals surface area contributed by atoms with Crippen LogP contribution in [0.25, 0.3) is 0 Å². The second-order valence-corrected chi connectivity index (χ2v) is 5.97. The van der Waals surface area contributed by atoms with Crippen LogP contribution in [0, 0.1) is 6.92 Å². The van der Waals surface area contributed by atoms with Crippen LogP contribution in [0.3, 0.4) is 0 Å². The van der Waals surface area contributed by atoms with Crippen molar-refractivity contribution < 1.29 is 0 Å². The van der Waals surface area contributed by atoms with Crippen molar-refractivity contribution >= 4 is 0 Å². The summed E-state index contributed by atoms with van der Waals surface area (Å²) in [6.07, 6.45) is 2.38. The van der Waals surface area contributed by atoms with Gasteiger partial charge in [0.15, 0.2) is 0 Å². The van der Waals surface area contributed by atoms with Crippen molar-refractivity contribution in [3.63, 3.8) is 0 Å². The summed E-state index contributed by atoms with van der Waals surface area (Å²) in [6, 6.07) is 11.5. The van der Waals surface area contributed by atoms with E-state index in [-0.39, 0.29) is 0 Å². The third kappa shape index (κ3) is 2.75. The number of hydrogen-bond acceptors (Lipinski definition) is 2. The molecule has 3 nitrogen and oxygen atoms in total. The van der Waals surface area contributed by atoms with Gasteiger partial charge in [-0.1, -0.05) is 31.2 Å². The lowest BCUT2D eigenvalue weighted by atomic mass is 9.74. The monoisotopic (exact) mass is 283 g/mol. The van der Waals surface area contributed by atoms with E-state index < -0.39 is 0 Å². The fraction of sp³-hybridized carbons (Fsp3) is 0.500. The second kappa shape index (κ2) is 6.02. The van der Waals surface area contributed by atoms with E-state index in [4.69, 9.17) is 0 Å². The minimum absolute atomic E-state index is 0.398. The lowest BCUT2D eigenvalue weighted by molar-refractivity contribution is 0.410. The van der Waals surface area contributed by atoms with E-state index in [1.54, 1.807) is 5.56 Å². The Hall–Kier alpha value is -1.61. The molecule has 0 spiro atoms. The number of hydrogen-bond donors (Lipinski definition) is 1. The van der Waals surface area contributed by atoms with Crippen LogP contribution in [0.2, 0.25) is 0 Å². The molecule has 1 aromatic heterocycles. The van der Waals surface area contributed by atoms with Crippen molar-refractivity contribution in [1.29, 1.82) is 0 Å². The maximum Gasteiger partial charge on any atom is 0.0597 e. The summed E-state index contributed by atoms with van der Waals surface area (Å²) in [5.41, 5.74) is 5.52. The van der Waals surface area contributed by atoms with E-state index in [0.29, 0.717) is 12.0 Å². The van der Waals surface area contributed by atoms with Crippen LogP contribution in [0.5, 0.6) is 0 Å². The van der Waals surface area contributed by atoms with Gasteiger partial charge in [0.1, 0.15) is 0 Å². The SMILES string of the molecule is CCNC(CC1Cc2ccccc21)c1cc(C)nn1CC. The molecule has 112 valence electrons. The van der Waals surface area contributed by atoms with Crippen LogP contribution in [0.4, 0.5) is 0 Å². The van der Waals surface area contributed by atoms with Gasteiger partial charge in [-0.2, -0.15) is 5.10 Å². The number of nitrogens with one attached hydrogen (secondary N) is 1. The quantitative estimate of drug-likeness (QED) is 0.878. The number of nitrogens with zero attached hydrogens (tertiary/aromatic N) is 2. The van der Waals surface area contributed by atoms with Gasteiger partial charge in [-0.05, 0) is 56.3 Å². The standard InChI is InChI=1S/C18H25N3/c1-4-19-17(18-10-13(3)20-21(18)5-2)12-15-11-14-8-6-7-9-16(14)15/h6-10,15,17,19H,4-5,11-12H2,1-3H3. The van der Waals surface area contributed by atoms with Crippen LogP contribution >= 0.6 is 0 Å². The van der Waals surface area contributed by atoms with Gasteiger partial charge in [0.05, 0.1) is 11.4 Å². The topological polar surface area (TPSA) is 29.9 Å². The Morgan fingerprint density at radius 3 is 2.86 bits per heavy atom. The van der Waals surface area contributed by atoms with Gasteiger partial charge < -0.3 is 5.32 Å². The normalized spacial score (nSPS) is 18.1. The summed E-state index contributed by atoms with van der Waals surface area (Å²) in [6.45, 7) is 8.36. The highest BCUT2D eigenvalue weighted by Crippen LogP contribution is 2.40. The average Bonchev–Trinajstić information content (AvgIpc) is 2.84. The number of aryl methyl sites for hydroxylation is 2. The van der Waals surface area contributed by atoms with Gasteiger partial charge in [0.25, 0.3) is 0 Å². The fourth-order valence-electron chi connectivity index (χ4n) is 3.51. The molecule has 2 unspecified atom stereocenters. The molecule has 1 aliphatic carbocycles. The van der Waals surface area contributed by atoms with Gasteiger partial charge in [0, 0.05) is 12.6 Å². The molecule has 1 aromatic carbocycles. The Morgan fingerprint density at radius 1 is 1.33 bits per heavy atom. The minimum Gasteiger partial charge on any atom is -0.309 e. The Morgan fingerprint density at radius 2 is 2.14 bits per heavy atom. The Balaban J connectivity index is 1.80. The first-order valence-corrected chi connectivity index (χ1v) is 8.08. The maximum absolute atomic E-state index is 4.60. The molecule has 3 heteroatoms. The fourth-order valence-corrected chi connectivity index (χ4v) is 3.51. The van der Waals surface area contributed by atoms with Crippen molar-refractivity contribution in [2.45, 2.75) is 52.1 Å². The number of fused-ring (bicyclic) bond motifs is 1. The number of aromatic nitrogens is 2. The highest BCUT2D eigenvalue weighted by atomic mass is 15.3. The molecule has 2 atom stereocenters. The lowest BCUT2D eigenvalue weighted by Crippen LogP contribution is -2.28. The van der Waals surface area contributed by atoms with Gasteiger partial charge in [-0.3, -0.25) is 4.68 Å². The molecule has 1 heterocycles. The highest BCUT2D eigenvalue weighted by Gasteiger charge is 2.29. The van der Waals surface area contributed by atoms with E-state index in [0.717, 1.165) is 25.2 Å². The van der Waals surface area contributed by atoms with E-state index >= 15 is 0 Å². The molecule has 0 bridgehead atoms. The predicted molar refractivity (Wildman–Crippen MR) is 86.6 cm³/mol. The Labute approximate surface area is 127 Å². The van der Waals surface area contributed by atoms with Gasteiger partial charge >= 0.3 is 0 Å². The highest BCUT2D eigenvalue weighted by molar-refractivity contribution is 5.40. The van der Waals surface area contributed by atoms with Crippen molar-refractivity contribution in [3.8, 4) is 0 Å². The van der Waals surface area contributed by atoms with Crippen molar-refractivity contribution in [3.05, 3.63) is 52.8 Å². The van der Waals surface area contributed by atoms with E-state index in [9.17, 15) is 0 Å². The van der Waals surface area contributed by atoms with Gasteiger partial charge in [-0.25, -0.2) is 0 Å². The molecule has 2 aromatic rings. The minimum atomic E-state index is 0.398. The predicted octanol–water partition coefficient (Wildman–Crippen LogP) is 3.59. The molecule has 0 amide bonds. The second-order valence-electron chi connectivity index (χ2n) is 5.97. The van der Waals surface area contributed by atoms with Crippen molar-refractivity contribution in [2.75, 3.05) is 6.54 Å². The summed E-state index contributed by atoms with van der Waals surface area (Å²) < 4.78 is 2.15. The molecular weight excluding hydrogens is 258 g/mol. The maximum atomic E-state index is 4.60. The molecule has 3 rings (SSSR count). The van der Waals surface area contributed by atoms with Crippen LogP contribution in [-0.2, 0) is 13.0 Å². The summed E-state index contributed by atoms with van der Waals surface area (Å²) in [5, 5.41) is 8.26. The lowest BCUT2D eigenvalue weighted by Gasteiger charge is -2.33. The summed E-state index contributed by atoms with van der Waals surface area (Å²) in [4.78, 5) is 0. The molecule has 21 heavy (non-hydrogen) atoms. The van der Waals surface area contributed by atoms with E-state index in [1.807, 2.05) is 0 Å². The zero-order chi connectivity index (χ0) is 14.8. The smallest absolute Gasteiger partial charge is 0.0597 e.